The number of carbonyl (C=O) groups is 2. The van der Waals surface area contributed by atoms with Gasteiger partial charge in [0.2, 0.25) is 5.75 Å². The van der Waals surface area contributed by atoms with Gasteiger partial charge in [0.05, 0.1) is 32.1 Å². The summed E-state index contributed by atoms with van der Waals surface area (Å²) >= 11 is 0. The number of carbonyl (C=O) groups excluding carboxylic acids is 2. The summed E-state index contributed by atoms with van der Waals surface area (Å²) in [6.07, 6.45) is 6.82. The molecule has 1 aliphatic heterocycles. The average molecular weight is 642 g/mol. The molecular formula is C37H47N5O5. The molecule has 2 N–H and O–H groups in total. The molecule has 1 heterocycles. The summed E-state index contributed by atoms with van der Waals surface area (Å²) in [5.74, 6) is 1.38. The molecular weight excluding hydrogens is 594 g/mol. The normalized spacial score (nSPS) is 16.0. The van der Waals surface area contributed by atoms with E-state index in [1.165, 1.54) is 19.3 Å². The molecule has 3 aromatic carbocycles. The fourth-order valence-corrected chi connectivity index (χ4v) is 6.45. The molecule has 10 heteroatoms. The number of nitrogens with zero attached hydrogens (tertiary/aromatic N) is 3. The van der Waals surface area contributed by atoms with E-state index in [4.69, 9.17) is 14.2 Å². The standard InChI is InChI=1S/C37H47N5O5/c1-40(2)21-9-20-38-35(43)25-47-30-16-13-27(14-17-30)37-41(3)32-23-28(15-18-31(32)42(37)29-10-7-6-8-11-29)36(44)39-24-26-12-19-33(45-4)34(22-26)46-5/h13-18,22-23,29,37H,6-11,20-21,24-25H2,1-5H3,(H,38,43)(H,39,44). The number of fused-ring (bicyclic) bond motifs is 1. The molecule has 1 aliphatic carbocycles. The van der Waals surface area contributed by atoms with Crippen molar-refractivity contribution in [2.75, 3.05) is 64.9 Å². The smallest absolute Gasteiger partial charge is 0.257 e. The lowest BCUT2D eigenvalue weighted by Crippen LogP contribution is -2.41. The fraction of sp³-hybridized carbons (Fsp3) is 0.459. The number of nitrogens with one attached hydrogen (secondary N) is 2. The van der Waals surface area contributed by atoms with Gasteiger partial charge in [0.15, 0.2) is 12.4 Å². The highest BCUT2D eigenvalue weighted by atomic mass is 16.5. The summed E-state index contributed by atoms with van der Waals surface area (Å²) < 4.78 is 16.4. The SMILES string of the molecule is COc1c#cc(CNC(=O)c2ccc3c(c2)N(C)C(c2ccc(OCC(=O)NCCCN(C)C)cc2)N3C2CCCCC2)cc1OC. The van der Waals surface area contributed by atoms with Gasteiger partial charge in [0, 0.05) is 30.8 Å². The Morgan fingerprint density at radius 2 is 1.70 bits per heavy atom. The number of hydrogen-bond acceptors (Lipinski definition) is 8. The summed E-state index contributed by atoms with van der Waals surface area (Å²) in [7, 11) is 9.24. The lowest BCUT2D eigenvalue weighted by atomic mass is 9.93. The van der Waals surface area contributed by atoms with Gasteiger partial charge in [-0.15, -0.1) is 0 Å². The molecule has 3 aromatic rings. The summed E-state index contributed by atoms with van der Waals surface area (Å²) in [4.78, 5) is 32.5. The molecule has 250 valence electrons. The van der Waals surface area contributed by atoms with Crippen molar-refractivity contribution in [2.45, 2.75) is 57.3 Å². The number of anilines is 2. The maximum Gasteiger partial charge on any atom is 0.257 e. The van der Waals surface area contributed by atoms with E-state index in [9.17, 15) is 9.59 Å². The van der Waals surface area contributed by atoms with Crippen LogP contribution < -0.4 is 34.6 Å². The molecule has 5 rings (SSSR count). The minimum Gasteiger partial charge on any atom is -0.492 e. The van der Waals surface area contributed by atoms with E-state index < -0.39 is 0 Å². The molecule has 1 unspecified atom stereocenters. The largest absolute Gasteiger partial charge is 0.492 e. The van der Waals surface area contributed by atoms with Crippen LogP contribution in [0.5, 0.6) is 17.2 Å². The lowest BCUT2D eigenvalue weighted by molar-refractivity contribution is -0.123. The van der Waals surface area contributed by atoms with Gasteiger partial charge in [-0.25, -0.2) is 0 Å². The summed E-state index contributed by atoms with van der Waals surface area (Å²) in [6, 6.07) is 22.2. The van der Waals surface area contributed by atoms with Crippen LogP contribution in [-0.2, 0) is 11.3 Å². The second-order valence-electron chi connectivity index (χ2n) is 12.5. The van der Waals surface area contributed by atoms with Gasteiger partial charge >= 0.3 is 0 Å². The van der Waals surface area contributed by atoms with E-state index >= 15 is 0 Å². The lowest BCUT2D eigenvalue weighted by Gasteiger charge is -2.39. The molecule has 1 saturated carbocycles. The Morgan fingerprint density at radius 1 is 0.936 bits per heavy atom. The summed E-state index contributed by atoms with van der Waals surface area (Å²) in [6.45, 7) is 1.82. The summed E-state index contributed by atoms with van der Waals surface area (Å²) in [5.41, 5.74) is 4.61. The molecule has 2 amide bonds. The molecule has 47 heavy (non-hydrogen) atoms. The third-order valence-corrected chi connectivity index (χ3v) is 8.88. The molecule has 0 spiro atoms. The molecule has 0 radical (unpaired) electrons. The van der Waals surface area contributed by atoms with Crippen LogP contribution in [0.4, 0.5) is 11.4 Å². The topological polar surface area (TPSA) is 95.6 Å². The Kier molecular flexibility index (Phi) is 11.3. The predicted octanol–water partition coefficient (Wildman–Crippen LogP) is 4.97. The van der Waals surface area contributed by atoms with Crippen molar-refractivity contribution in [1.82, 2.24) is 15.5 Å². The van der Waals surface area contributed by atoms with Gasteiger partial charge in [0.25, 0.3) is 11.8 Å². The Balaban J connectivity index is 1.28. The Hall–Kier alpha value is -4.62. The number of amides is 2. The van der Waals surface area contributed by atoms with Crippen LogP contribution in [0.1, 0.15) is 66.2 Å². The van der Waals surface area contributed by atoms with E-state index in [0.717, 1.165) is 48.3 Å². The van der Waals surface area contributed by atoms with Crippen LogP contribution in [-0.4, -0.2) is 77.8 Å². The van der Waals surface area contributed by atoms with Crippen molar-refractivity contribution in [3.05, 3.63) is 77.4 Å². The van der Waals surface area contributed by atoms with Crippen LogP contribution in [0.25, 0.3) is 0 Å². The van der Waals surface area contributed by atoms with E-state index in [0.29, 0.717) is 35.4 Å². The average Bonchev–Trinajstić information content (AvgIpc) is 3.39. The second kappa shape index (κ2) is 15.8. The zero-order chi connectivity index (χ0) is 33.3. The number of methoxy groups -OCH3 is 2. The van der Waals surface area contributed by atoms with Crippen LogP contribution >= 0.6 is 0 Å². The minimum absolute atomic E-state index is 0.0164. The molecule has 0 aromatic heterocycles. The quantitative estimate of drug-likeness (QED) is 0.239. The van der Waals surface area contributed by atoms with E-state index in [1.54, 1.807) is 20.3 Å². The summed E-state index contributed by atoms with van der Waals surface area (Å²) in [5, 5.41) is 5.92. The maximum atomic E-state index is 13.3. The highest BCUT2D eigenvalue weighted by Gasteiger charge is 2.39. The van der Waals surface area contributed by atoms with Crippen molar-refractivity contribution in [3.8, 4) is 17.2 Å². The van der Waals surface area contributed by atoms with Gasteiger partial charge in [-0.1, -0.05) is 37.5 Å². The third kappa shape index (κ3) is 8.22. The van der Waals surface area contributed by atoms with E-state index in [-0.39, 0.29) is 31.1 Å². The van der Waals surface area contributed by atoms with Crippen LogP contribution in [0, 0.1) is 12.1 Å². The van der Waals surface area contributed by atoms with Gasteiger partial charge in [-0.2, -0.15) is 0 Å². The molecule has 1 atom stereocenters. The first-order valence-electron chi connectivity index (χ1n) is 16.4. The number of benzene rings is 2. The monoisotopic (exact) mass is 641 g/mol. The van der Waals surface area contributed by atoms with Crippen LogP contribution in [0.2, 0.25) is 0 Å². The zero-order valence-electron chi connectivity index (χ0n) is 28.2. The van der Waals surface area contributed by atoms with Crippen molar-refractivity contribution in [3.63, 3.8) is 0 Å². The zero-order valence-corrected chi connectivity index (χ0v) is 28.2. The van der Waals surface area contributed by atoms with Gasteiger partial charge < -0.3 is 39.5 Å². The molecule has 0 bridgehead atoms. The van der Waals surface area contributed by atoms with Gasteiger partial charge in [-0.3, -0.25) is 9.59 Å². The van der Waals surface area contributed by atoms with Crippen LogP contribution in [0.3, 0.4) is 0 Å². The first-order chi connectivity index (χ1) is 22.8. The molecule has 0 saturated heterocycles. The Morgan fingerprint density at radius 3 is 2.40 bits per heavy atom. The second-order valence-corrected chi connectivity index (χ2v) is 12.5. The van der Waals surface area contributed by atoms with Gasteiger partial charge in [-0.05, 0) is 87.9 Å². The Labute approximate surface area is 279 Å². The first-order valence-corrected chi connectivity index (χ1v) is 16.4. The van der Waals surface area contributed by atoms with Crippen molar-refractivity contribution < 1.29 is 23.8 Å². The molecule has 2 aliphatic rings. The molecule has 10 nitrogen and oxygen atoms in total. The number of hydrogen-bond donors (Lipinski definition) is 2. The maximum absolute atomic E-state index is 13.3. The van der Waals surface area contributed by atoms with Crippen molar-refractivity contribution >= 4 is 23.2 Å². The van der Waals surface area contributed by atoms with Gasteiger partial charge in [0.1, 0.15) is 11.9 Å². The minimum atomic E-state index is -0.166. The van der Waals surface area contributed by atoms with Crippen molar-refractivity contribution in [2.24, 2.45) is 0 Å². The van der Waals surface area contributed by atoms with E-state index in [1.807, 2.05) is 38.4 Å². The predicted molar refractivity (Wildman–Crippen MR) is 183 cm³/mol. The number of ether oxygens (including phenoxy) is 3. The highest BCUT2D eigenvalue weighted by Crippen LogP contribution is 2.49. The van der Waals surface area contributed by atoms with Crippen LogP contribution in [0.15, 0.2) is 48.5 Å². The fourth-order valence-electron chi connectivity index (χ4n) is 6.45. The highest BCUT2D eigenvalue weighted by molar-refractivity contribution is 5.97. The van der Waals surface area contributed by atoms with E-state index in [2.05, 4.69) is 62.7 Å². The molecule has 1 fully saturated rings. The van der Waals surface area contributed by atoms with Crippen molar-refractivity contribution in [1.29, 1.82) is 0 Å². The third-order valence-electron chi connectivity index (χ3n) is 8.88. The Bertz CT molecular complexity index is 1510. The number of rotatable bonds is 14. The first kappa shape index (κ1) is 33.7.